The molecule has 0 bridgehead atoms. The predicted molar refractivity (Wildman–Crippen MR) is 71.1 cm³/mol. The molecule has 2 aromatic rings. The van der Waals surface area contributed by atoms with Crippen LogP contribution in [0.2, 0.25) is 0 Å². The lowest BCUT2D eigenvalue weighted by Crippen LogP contribution is -1.88. The summed E-state index contributed by atoms with van der Waals surface area (Å²) in [6.07, 6.45) is 4.78. The minimum Gasteiger partial charge on any atom is -0.236 e. The maximum absolute atomic E-state index is 10.5. The molecule has 17 heavy (non-hydrogen) atoms. The summed E-state index contributed by atoms with van der Waals surface area (Å²) in [4.78, 5) is 0. The fourth-order valence-corrected chi connectivity index (χ4v) is 1.67. The van der Waals surface area contributed by atoms with Crippen LogP contribution in [-0.4, -0.2) is 6.61 Å². The van der Waals surface area contributed by atoms with Gasteiger partial charge in [-0.15, -0.1) is 0 Å². The topological polar surface area (TPSA) is 19.9 Å². The van der Waals surface area contributed by atoms with Gasteiger partial charge in [-0.05, 0) is 23.1 Å². The second-order valence-corrected chi connectivity index (χ2v) is 3.94. The minimum atomic E-state index is -0.0425. The summed E-state index contributed by atoms with van der Waals surface area (Å²) in [5.41, 5.74) is 3.46. The molecule has 0 spiro atoms. The molecule has 2 rings (SSSR count). The van der Waals surface area contributed by atoms with E-state index >= 15 is 0 Å². The van der Waals surface area contributed by atoms with Gasteiger partial charge < -0.3 is 0 Å². The molecule has 85 valence electrons. The van der Waals surface area contributed by atoms with Crippen LogP contribution in [0.3, 0.4) is 0 Å². The minimum absolute atomic E-state index is 0.0425. The van der Waals surface area contributed by atoms with Crippen molar-refractivity contribution in [2.45, 2.75) is 6.42 Å². The van der Waals surface area contributed by atoms with Gasteiger partial charge in [0.1, 0.15) is 0 Å². The Morgan fingerprint density at radius 1 is 0.765 bits per heavy atom. The molecule has 1 heteroatoms. The summed E-state index contributed by atoms with van der Waals surface area (Å²) in [5, 5.41) is 10.5. The Morgan fingerprint density at radius 3 is 1.94 bits per heavy atom. The van der Waals surface area contributed by atoms with Crippen molar-refractivity contribution in [1.29, 1.82) is 0 Å². The number of hydrogen-bond acceptors (Lipinski definition) is 0. The Labute approximate surface area is 102 Å². The molecule has 0 atom stereocenters. The summed E-state index contributed by atoms with van der Waals surface area (Å²) < 4.78 is 0. The van der Waals surface area contributed by atoms with Crippen LogP contribution in [0.15, 0.2) is 54.6 Å². The molecule has 1 nitrogen and oxygen atoms in total. The monoisotopic (exact) mass is 223 g/mol. The summed E-state index contributed by atoms with van der Waals surface area (Å²) in [7, 11) is 0. The molecule has 0 aliphatic carbocycles. The second-order valence-electron chi connectivity index (χ2n) is 3.94. The third-order valence-electron chi connectivity index (χ3n) is 2.64. The van der Waals surface area contributed by atoms with E-state index in [1.165, 1.54) is 5.56 Å². The lowest BCUT2D eigenvalue weighted by molar-refractivity contribution is 0.197. The zero-order valence-corrected chi connectivity index (χ0v) is 9.67. The number of rotatable bonds is 4. The Hall–Kier alpha value is -1.86. The molecule has 0 saturated heterocycles. The van der Waals surface area contributed by atoms with E-state index in [1.807, 2.05) is 42.5 Å². The second kappa shape index (κ2) is 6.02. The van der Waals surface area contributed by atoms with Gasteiger partial charge in [0.15, 0.2) is 0 Å². The first kappa shape index (κ1) is 11.6. The summed E-state index contributed by atoms with van der Waals surface area (Å²) >= 11 is 0. The van der Waals surface area contributed by atoms with Crippen molar-refractivity contribution in [2.75, 3.05) is 6.61 Å². The first-order valence-electron chi connectivity index (χ1n) is 5.78. The van der Waals surface area contributed by atoms with E-state index < -0.39 is 0 Å². The van der Waals surface area contributed by atoms with E-state index in [0.717, 1.165) is 11.1 Å². The van der Waals surface area contributed by atoms with Gasteiger partial charge in [-0.25, -0.2) is 5.11 Å². The molecule has 0 fully saturated rings. The van der Waals surface area contributed by atoms with Crippen LogP contribution in [0, 0.1) is 0 Å². The van der Waals surface area contributed by atoms with Crippen LogP contribution in [0.5, 0.6) is 0 Å². The Kier molecular flexibility index (Phi) is 4.11. The normalized spacial score (nSPS) is 10.9. The smallest absolute Gasteiger partial charge is 0.0862 e. The molecular weight excluding hydrogens is 208 g/mol. The molecule has 0 aliphatic heterocycles. The maximum atomic E-state index is 10.5. The van der Waals surface area contributed by atoms with Crippen molar-refractivity contribution in [3.8, 4) is 0 Å². The van der Waals surface area contributed by atoms with E-state index in [4.69, 9.17) is 0 Å². The largest absolute Gasteiger partial charge is 0.236 e. The highest BCUT2D eigenvalue weighted by molar-refractivity contribution is 5.69. The van der Waals surface area contributed by atoms with Crippen LogP contribution in [0.4, 0.5) is 0 Å². The lowest BCUT2D eigenvalue weighted by Gasteiger charge is -1.98. The molecule has 0 saturated carbocycles. The van der Waals surface area contributed by atoms with Crippen LogP contribution < -0.4 is 0 Å². The first-order valence-corrected chi connectivity index (χ1v) is 5.78. The third-order valence-corrected chi connectivity index (χ3v) is 2.64. The SMILES string of the molecule is [O]CCc1ccc(C=Cc2ccccc2)cc1. The first-order chi connectivity index (χ1) is 8.38. The van der Waals surface area contributed by atoms with Crippen molar-refractivity contribution in [1.82, 2.24) is 0 Å². The predicted octanol–water partition coefficient (Wildman–Crippen LogP) is 3.83. The zero-order chi connectivity index (χ0) is 11.9. The van der Waals surface area contributed by atoms with E-state index in [2.05, 4.69) is 24.3 Å². The van der Waals surface area contributed by atoms with Crippen molar-refractivity contribution < 1.29 is 5.11 Å². The maximum Gasteiger partial charge on any atom is 0.0862 e. The van der Waals surface area contributed by atoms with Gasteiger partial charge in [0.2, 0.25) is 0 Å². The molecular formula is C16H15O. The molecule has 2 aromatic carbocycles. The standard InChI is InChI=1S/C16H15O/c17-13-12-16-10-8-15(9-11-16)7-6-14-4-2-1-3-5-14/h1-11H,12-13H2. The molecule has 0 heterocycles. The van der Waals surface area contributed by atoms with E-state index in [0.29, 0.717) is 6.42 Å². The fraction of sp³-hybridized carbons (Fsp3) is 0.125. The Balaban J connectivity index is 2.06. The van der Waals surface area contributed by atoms with Crippen molar-refractivity contribution in [3.63, 3.8) is 0 Å². The number of benzene rings is 2. The van der Waals surface area contributed by atoms with Gasteiger partial charge in [0.05, 0.1) is 6.61 Å². The van der Waals surface area contributed by atoms with Crippen LogP contribution in [0.25, 0.3) is 12.2 Å². The average Bonchev–Trinajstić information content (AvgIpc) is 2.40. The van der Waals surface area contributed by atoms with E-state index in [1.54, 1.807) is 0 Å². The summed E-state index contributed by atoms with van der Waals surface area (Å²) in [6, 6.07) is 18.3. The van der Waals surface area contributed by atoms with Crippen LogP contribution in [0.1, 0.15) is 16.7 Å². The Morgan fingerprint density at radius 2 is 1.35 bits per heavy atom. The lowest BCUT2D eigenvalue weighted by atomic mass is 10.1. The third kappa shape index (κ3) is 3.58. The van der Waals surface area contributed by atoms with Crippen molar-refractivity contribution in [2.24, 2.45) is 0 Å². The highest BCUT2D eigenvalue weighted by atomic mass is 16.2. The van der Waals surface area contributed by atoms with Gasteiger partial charge in [0.25, 0.3) is 0 Å². The fourth-order valence-electron chi connectivity index (χ4n) is 1.67. The van der Waals surface area contributed by atoms with Gasteiger partial charge >= 0.3 is 0 Å². The quantitative estimate of drug-likeness (QED) is 0.702. The molecule has 0 N–H and O–H groups in total. The zero-order valence-electron chi connectivity index (χ0n) is 9.67. The van der Waals surface area contributed by atoms with E-state index in [9.17, 15) is 5.11 Å². The summed E-state index contributed by atoms with van der Waals surface area (Å²) in [5.74, 6) is 0. The van der Waals surface area contributed by atoms with Crippen LogP contribution in [-0.2, 0) is 11.5 Å². The van der Waals surface area contributed by atoms with Crippen LogP contribution >= 0.6 is 0 Å². The highest BCUT2D eigenvalue weighted by Crippen LogP contribution is 2.09. The van der Waals surface area contributed by atoms with Gasteiger partial charge in [-0.2, -0.15) is 0 Å². The number of hydrogen-bond donors (Lipinski definition) is 0. The molecule has 0 amide bonds. The molecule has 0 aromatic heterocycles. The molecule has 0 unspecified atom stereocenters. The molecule has 1 radical (unpaired) electrons. The van der Waals surface area contributed by atoms with Gasteiger partial charge in [-0.3, -0.25) is 0 Å². The van der Waals surface area contributed by atoms with Gasteiger partial charge in [0, 0.05) is 0 Å². The van der Waals surface area contributed by atoms with Crippen molar-refractivity contribution in [3.05, 3.63) is 71.3 Å². The average molecular weight is 223 g/mol. The highest BCUT2D eigenvalue weighted by Gasteiger charge is 1.92. The molecule has 0 aliphatic rings. The Bertz CT molecular complexity index is 469. The van der Waals surface area contributed by atoms with Gasteiger partial charge in [-0.1, -0.05) is 66.7 Å². The van der Waals surface area contributed by atoms with E-state index in [-0.39, 0.29) is 6.61 Å². The summed E-state index contributed by atoms with van der Waals surface area (Å²) in [6.45, 7) is -0.0425. The van der Waals surface area contributed by atoms with Crippen molar-refractivity contribution >= 4 is 12.2 Å².